The van der Waals surface area contributed by atoms with Gasteiger partial charge in [-0.05, 0) is 11.1 Å². The number of hydrogen-bond donors (Lipinski definition) is 1. The van der Waals surface area contributed by atoms with Crippen molar-refractivity contribution >= 4 is 35.8 Å². The highest BCUT2D eigenvalue weighted by atomic mass is 127. The number of nitrogens with zero attached hydrogens (tertiary/aromatic N) is 4. The van der Waals surface area contributed by atoms with Crippen LogP contribution in [0, 0.1) is 0 Å². The Labute approximate surface area is 213 Å². The minimum absolute atomic E-state index is 0. The van der Waals surface area contributed by atoms with Crippen LogP contribution in [0.5, 0.6) is 0 Å². The van der Waals surface area contributed by atoms with Crippen LogP contribution in [0.1, 0.15) is 11.1 Å². The first-order valence-electron chi connectivity index (χ1n) is 11.3. The smallest absolute Gasteiger partial charge is 0.241 e. The predicted octanol–water partition coefficient (Wildman–Crippen LogP) is 2.42. The molecule has 8 heteroatoms. The Morgan fingerprint density at radius 1 is 1.06 bits per heavy atom. The number of aliphatic imine (C=N–C) groups is 1. The van der Waals surface area contributed by atoms with E-state index in [1.54, 1.807) is 19.0 Å². The number of halogens is 1. The first-order valence-corrected chi connectivity index (χ1v) is 11.3. The van der Waals surface area contributed by atoms with Crippen molar-refractivity contribution in [2.45, 2.75) is 25.2 Å². The number of likely N-dealkylation sites (tertiary alicyclic amines) is 1. The average molecular weight is 563 g/mol. The van der Waals surface area contributed by atoms with E-state index >= 15 is 0 Å². The maximum atomic E-state index is 12.2. The Balaban J connectivity index is 0.00000306. The van der Waals surface area contributed by atoms with E-state index < -0.39 is 0 Å². The molecule has 2 saturated heterocycles. The molecular weight excluding hydrogens is 529 g/mol. The molecule has 0 saturated carbocycles. The van der Waals surface area contributed by atoms with Gasteiger partial charge in [-0.2, -0.15) is 0 Å². The van der Waals surface area contributed by atoms with Crippen molar-refractivity contribution in [1.82, 2.24) is 20.0 Å². The molecule has 2 aromatic carbocycles. The molecule has 2 atom stereocenters. The molecule has 2 aromatic rings. The van der Waals surface area contributed by atoms with Gasteiger partial charge in [0.2, 0.25) is 5.91 Å². The average Bonchev–Trinajstić information content (AvgIpc) is 3.25. The molecule has 2 aliphatic rings. The minimum Gasteiger partial charge on any atom is -0.373 e. The molecule has 1 N–H and O–H groups in total. The van der Waals surface area contributed by atoms with Crippen LogP contribution in [0.2, 0.25) is 0 Å². The standard InChI is InChI=1S/C25H33N5O2.HI/c1-28(2)24(31)16-27-25(26-15-20-9-5-3-6-10-20)30-18-22-23(19-30)32-14-13-29(22)17-21-11-7-4-8-12-21;/h3-12,22-23H,13-19H2,1-2H3,(H,26,27);1H. The maximum Gasteiger partial charge on any atom is 0.241 e. The van der Waals surface area contributed by atoms with Gasteiger partial charge >= 0.3 is 0 Å². The molecule has 0 aliphatic carbocycles. The van der Waals surface area contributed by atoms with E-state index in [9.17, 15) is 4.79 Å². The van der Waals surface area contributed by atoms with Gasteiger partial charge in [-0.3, -0.25) is 9.69 Å². The van der Waals surface area contributed by atoms with E-state index in [4.69, 9.17) is 9.73 Å². The van der Waals surface area contributed by atoms with E-state index in [1.807, 2.05) is 18.2 Å². The van der Waals surface area contributed by atoms with Crippen LogP contribution < -0.4 is 5.32 Å². The Morgan fingerprint density at radius 3 is 2.39 bits per heavy atom. The number of morpholine rings is 1. The van der Waals surface area contributed by atoms with Gasteiger partial charge < -0.3 is 19.9 Å². The maximum absolute atomic E-state index is 12.2. The highest BCUT2D eigenvalue weighted by Crippen LogP contribution is 2.25. The predicted molar refractivity (Wildman–Crippen MR) is 142 cm³/mol. The van der Waals surface area contributed by atoms with E-state index in [2.05, 4.69) is 57.6 Å². The molecule has 33 heavy (non-hydrogen) atoms. The van der Waals surface area contributed by atoms with Gasteiger partial charge in [0, 0.05) is 40.3 Å². The summed E-state index contributed by atoms with van der Waals surface area (Å²) < 4.78 is 6.14. The van der Waals surface area contributed by atoms with E-state index in [0.717, 1.165) is 44.3 Å². The quantitative estimate of drug-likeness (QED) is 0.333. The van der Waals surface area contributed by atoms with E-state index in [1.165, 1.54) is 5.56 Å². The number of guanidine groups is 1. The lowest BCUT2D eigenvalue weighted by Gasteiger charge is -2.36. The Kier molecular flexibility index (Phi) is 9.52. The fraction of sp³-hybridized carbons (Fsp3) is 0.440. The molecule has 2 heterocycles. The van der Waals surface area contributed by atoms with Crippen LogP contribution in [0.4, 0.5) is 0 Å². The zero-order chi connectivity index (χ0) is 22.3. The van der Waals surface area contributed by atoms with Gasteiger partial charge in [0.05, 0.1) is 31.8 Å². The summed E-state index contributed by atoms with van der Waals surface area (Å²) in [7, 11) is 3.54. The third kappa shape index (κ3) is 6.91. The van der Waals surface area contributed by atoms with Crippen LogP contribution >= 0.6 is 24.0 Å². The highest BCUT2D eigenvalue weighted by Gasteiger charge is 2.41. The van der Waals surface area contributed by atoms with Crippen molar-refractivity contribution < 1.29 is 9.53 Å². The number of fused-ring (bicyclic) bond motifs is 1. The number of amides is 1. The molecule has 2 fully saturated rings. The number of likely N-dealkylation sites (N-methyl/N-ethyl adjacent to an activating group) is 1. The molecule has 7 nitrogen and oxygen atoms in total. The fourth-order valence-corrected chi connectivity index (χ4v) is 4.28. The molecule has 2 unspecified atom stereocenters. The molecule has 4 rings (SSSR count). The van der Waals surface area contributed by atoms with Crippen LogP contribution in [-0.2, 0) is 22.6 Å². The van der Waals surface area contributed by atoms with Gasteiger partial charge in [-0.1, -0.05) is 60.7 Å². The number of ether oxygens (including phenoxy) is 1. The lowest BCUT2D eigenvalue weighted by molar-refractivity contribution is -0.127. The second-order valence-electron chi connectivity index (χ2n) is 8.60. The van der Waals surface area contributed by atoms with Crippen molar-refractivity contribution in [2.75, 3.05) is 46.9 Å². The van der Waals surface area contributed by atoms with Crippen molar-refractivity contribution in [3.05, 3.63) is 71.8 Å². The molecule has 1 amide bonds. The third-order valence-electron chi connectivity index (χ3n) is 6.10. The summed E-state index contributed by atoms with van der Waals surface area (Å²) in [6.45, 7) is 4.97. The Hall–Kier alpha value is -2.17. The lowest BCUT2D eigenvalue weighted by atomic mass is 10.1. The summed E-state index contributed by atoms with van der Waals surface area (Å²) in [6.07, 6.45) is 0.140. The number of carbonyl (C=O) groups excluding carboxylic acids is 1. The summed E-state index contributed by atoms with van der Waals surface area (Å²) in [6, 6.07) is 21.1. The second kappa shape index (κ2) is 12.3. The minimum atomic E-state index is 0. The highest BCUT2D eigenvalue weighted by molar-refractivity contribution is 14.0. The second-order valence-corrected chi connectivity index (χ2v) is 8.60. The molecule has 0 bridgehead atoms. The molecule has 178 valence electrons. The number of carbonyl (C=O) groups is 1. The first kappa shape index (κ1) is 25.5. The third-order valence-corrected chi connectivity index (χ3v) is 6.10. The lowest BCUT2D eigenvalue weighted by Crippen LogP contribution is -2.50. The SMILES string of the molecule is CN(C)C(=O)CNC(=NCc1ccccc1)N1CC2OCCN(Cc3ccccc3)C2C1.I. The summed E-state index contributed by atoms with van der Waals surface area (Å²) in [5.74, 6) is 0.790. The monoisotopic (exact) mass is 563 g/mol. The van der Waals surface area contributed by atoms with Gasteiger partial charge in [0.15, 0.2) is 5.96 Å². The van der Waals surface area contributed by atoms with Gasteiger partial charge in [-0.25, -0.2) is 4.99 Å². The van der Waals surface area contributed by atoms with Gasteiger partial charge in [-0.15, -0.1) is 24.0 Å². The summed E-state index contributed by atoms with van der Waals surface area (Å²) in [5, 5.41) is 3.30. The van der Waals surface area contributed by atoms with Crippen molar-refractivity contribution in [1.29, 1.82) is 0 Å². The normalized spacial score (nSPS) is 20.7. The van der Waals surface area contributed by atoms with E-state index in [-0.39, 0.29) is 42.5 Å². The number of nitrogens with one attached hydrogen (secondary N) is 1. The topological polar surface area (TPSA) is 60.4 Å². The largest absolute Gasteiger partial charge is 0.373 e. The summed E-state index contributed by atoms with van der Waals surface area (Å²) >= 11 is 0. The van der Waals surface area contributed by atoms with Crippen LogP contribution in [-0.4, -0.2) is 85.6 Å². The van der Waals surface area contributed by atoms with Crippen molar-refractivity contribution in [3.8, 4) is 0 Å². The molecule has 2 aliphatic heterocycles. The van der Waals surface area contributed by atoms with Crippen molar-refractivity contribution in [3.63, 3.8) is 0 Å². The number of rotatable bonds is 6. The van der Waals surface area contributed by atoms with Crippen LogP contribution in [0.3, 0.4) is 0 Å². The fourth-order valence-electron chi connectivity index (χ4n) is 4.28. The molecule has 0 aromatic heterocycles. The Morgan fingerprint density at radius 2 is 1.73 bits per heavy atom. The number of hydrogen-bond acceptors (Lipinski definition) is 4. The summed E-state index contributed by atoms with van der Waals surface area (Å²) in [5.41, 5.74) is 2.46. The van der Waals surface area contributed by atoms with Gasteiger partial charge in [0.1, 0.15) is 0 Å². The first-order chi connectivity index (χ1) is 15.6. The van der Waals surface area contributed by atoms with E-state index in [0.29, 0.717) is 12.6 Å². The van der Waals surface area contributed by atoms with Gasteiger partial charge in [0.25, 0.3) is 0 Å². The number of benzene rings is 2. The Bertz CT molecular complexity index is 910. The molecule has 0 spiro atoms. The summed E-state index contributed by atoms with van der Waals surface area (Å²) in [4.78, 5) is 23.4. The zero-order valence-corrected chi connectivity index (χ0v) is 21.7. The zero-order valence-electron chi connectivity index (χ0n) is 19.4. The van der Waals surface area contributed by atoms with Crippen LogP contribution in [0.15, 0.2) is 65.7 Å². The van der Waals surface area contributed by atoms with Crippen molar-refractivity contribution in [2.24, 2.45) is 4.99 Å². The molecule has 0 radical (unpaired) electrons. The van der Waals surface area contributed by atoms with Crippen LogP contribution in [0.25, 0.3) is 0 Å². The molecular formula is C25H34IN5O2.